The largest absolute Gasteiger partial charge is 0.456 e. The van der Waals surface area contributed by atoms with Gasteiger partial charge in [-0.3, -0.25) is 0 Å². The molecule has 0 spiro atoms. The lowest BCUT2D eigenvalue weighted by molar-refractivity contribution is 0.670. The van der Waals surface area contributed by atoms with Gasteiger partial charge in [0.15, 0.2) is 0 Å². The van der Waals surface area contributed by atoms with Crippen LogP contribution in [0, 0.1) is 0 Å². The van der Waals surface area contributed by atoms with Crippen molar-refractivity contribution in [1.82, 2.24) is 0 Å². The Morgan fingerprint density at radius 1 is 0.315 bits per heavy atom. The van der Waals surface area contributed by atoms with Gasteiger partial charge >= 0.3 is 0 Å². The van der Waals surface area contributed by atoms with Gasteiger partial charge in [0, 0.05) is 30.9 Å². The van der Waals surface area contributed by atoms with Crippen LogP contribution in [0.1, 0.15) is 0 Å². The van der Waals surface area contributed by atoms with E-state index in [-0.39, 0.29) is 0 Å². The number of fused-ring (bicyclic) bond motifs is 11. The second-order valence-electron chi connectivity index (χ2n) is 14.4. The fourth-order valence-corrected chi connectivity index (χ4v) is 10.1. The van der Waals surface area contributed by atoms with E-state index in [1.54, 1.807) is 0 Å². The summed E-state index contributed by atoms with van der Waals surface area (Å²) in [6.45, 7) is 0. The van der Waals surface area contributed by atoms with Crippen molar-refractivity contribution in [2.45, 2.75) is 0 Å². The number of thiophene rings is 1. The molecule has 0 aliphatic rings. The van der Waals surface area contributed by atoms with Crippen molar-refractivity contribution < 1.29 is 4.42 Å². The van der Waals surface area contributed by atoms with E-state index >= 15 is 0 Å². The predicted molar refractivity (Wildman–Crippen MR) is 233 cm³/mol. The Bertz CT molecular complexity index is 3430. The molecule has 2 heteroatoms. The van der Waals surface area contributed by atoms with Gasteiger partial charge in [0.05, 0.1) is 0 Å². The molecule has 2 aromatic heterocycles. The van der Waals surface area contributed by atoms with Gasteiger partial charge in [-0.15, -0.1) is 11.3 Å². The molecule has 0 N–H and O–H groups in total. The molecule has 0 amide bonds. The molecule has 250 valence electrons. The van der Waals surface area contributed by atoms with E-state index in [1.807, 2.05) is 11.3 Å². The first kappa shape index (κ1) is 29.8. The topological polar surface area (TPSA) is 13.1 Å². The molecule has 1 nitrogen and oxygen atoms in total. The van der Waals surface area contributed by atoms with Gasteiger partial charge in [-0.2, -0.15) is 0 Å². The monoisotopic (exact) mass is 702 g/mol. The van der Waals surface area contributed by atoms with Gasteiger partial charge < -0.3 is 4.42 Å². The lowest BCUT2D eigenvalue weighted by Crippen LogP contribution is -1.91. The standard InChI is InChI=1S/C52H30OS/c1-2-12-34-29-46-45(27-33(34)11-1)52-38-15-4-3-13-36(38)43(30-47(52)53-46)31-21-23-32(24-22-31)50-39-16-5-7-18-41(39)51(42-19-8-6-17-40(42)50)35-25-26-49-44(28-35)37-14-9-10-20-48(37)54-49/h1-30H. The average molecular weight is 703 g/mol. The highest BCUT2D eigenvalue weighted by Gasteiger charge is 2.19. The fourth-order valence-electron chi connectivity index (χ4n) is 9.01. The zero-order valence-corrected chi connectivity index (χ0v) is 30.0. The summed E-state index contributed by atoms with van der Waals surface area (Å²) in [5.74, 6) is 0. The fraction of sp³-hybridized carbons (Fsp3) is 0. The quantitative estimate of drug-likeness (QED) is 0.167. The van der Waals surface area contributed by atoms with Crippen LogP contribution in [0.4, 0.5) is 0 Å². The summed E-state index contributed by atoms with van der Waals surface area (Å²) in [6, 6.07) is 66.8. The maximum absolute atomic E-state index is 6.61. The van der Waals surface area contributed by atoms with Gasteiger partial charge in [0.2, 0.25) is 0 Å². The Kier molecular flexibility index (Phi) is 6.28. The second-order valence-corrected chi connectivity index (χ2v) is 15.5. The third-order valence-electron chi connectivity index (χ3n) is 11.4. The number of hydrogen-bond donors (Lipinski definition) is 0. The lowest BCUT2D eigenvalue weighted by Gasteiger charge is -2.18. The maximum atomic E-state index is 6.61. The van der Waals surface area contributed by atoms with E-state index in [2.05, 4.69) is 182 Å². The van der Waals surface area contributed by atoms with Crippen LogP contribution in [0.5, 0.6) is 0 Å². The maximum Gasteiger partial charge on any atom is 0.136 e. The molecule has 0 fully saturated rings. The van der Waals surface area contributed by atoms with E-state index < -0.39 is 0 Å². The van der Waals surface area contributed by atoms with Crippen LogP contribution in [0.15, 0.2) is 186 Å². The third-order valence-corrected chi connectivity index (χ3v) is 12.6. The van der Waals surface area contributed by atoms with Gasteiger partial charge in [-0.1, -0.05) is 146 Å². The van der Waals surface area contributed by atoms with Crippen LogP contribution in [0.3, 0.4) is 0 Å². The van der Waals surface area contributed by atoms with Crippen molar-refractivity contribution >= 4 is 96.5 Å². The number of hydrogen-bond acceptors (Lipinski definition) is 2. The minimum Gasteiger partial charge on any atom is -0.456 e. The molecule has 0 aliphatic heterocycles. The Balaban J connectivity index is 1.04. The summed E-state index contributed by atoms with van der Waals surface area (Å²) in [4.78, 5) is 0. The smallest absolute Gasteiger partial charge is 0.136 e. The SMILES string of the molecule is c1ccc2cc3c(cc2c1)oc1cc(-c2ccc(-c4c5ccccc5c(-c5ccc6sc7ccccc7c6c5)c5ccccc45)cc2)c2ccccc2c13. The third kappa shape index (κ3) is 4.32. The van der Waals surface area contributed by atoms with Crippen molar-refractivity contribution in [3.63, 3.8) is 0 Å². The zero-order valence-electron chi connectivity index (χ0n) is 29.1. The zero-order chi connectivity index (χ0) is 35.3. The summed E-state index contributed by atoms with van der Waals surface area (Å²) in [5.41, 5.74) is 9.20. The molecule has 0 bridgehead atoms. The molecule has 0 saturated heterocycles. The summed E-state index contributed by atoms with van der Waals surface area (Å²) >= 11 is 1.87. The number of furan rings is 1. The number of benzene rings is 10. The highest BCUT2D eigenvalue weighted by atomic mass is 32.1. The summed E-state index contributed by atoms with van der Waals surface area (Å²) in [7, 11) is 0. The molecule has 0 unspecified atom stereocenters. The van der Waals surface area contributed by atoms with Gasteiger partial charge in [-0.25, -0.2) is 0 Å². The van der Waals surface area contributed by atoms with Crippen LogP contribution in [0.25, 0.3) is 119 Å². The first-order chi connectivity index (χ1) is 26.8. The van der Waals surface area contributed by atoms with Crippen LogP contribution in [0.2, 0.25) is 0 Å². The normalized spacial score (nSPS) is 12.1. The summed E-state index contributed by atoms with van der Waals surface area (Å²) in [5, 5.41) is 14.9. The molecule has 0 atom stereocenters. The van der Waals surface area contributed by atoms with Crippen LogP contribution in [-0.2, 0) is 0 Å². The molecule has 0 aliphatic carbocycles. The second kappa shape index (κ2) is 11.4. The first-order valence-electron chi connectivity index (χ1n) is 18.5. The Hall–Kier alpha value is -6.74. The van der Waals surface area contributed by atoms with Crippen LogP contribution < -0.4 is 0 Å². The molecular formula is C52H30OS. The van der Waals surface area contributed by atoms with E-state index in [0.29, 0.717) is 0 Å². The van der Waals surface area contributed by atoms with Crippen molar-refractivity contribution in [1.29, 1.82) is 0 Å². The lowest BCUT2D eigenvalue weighted by atomic mass is 9.85. The van der Waals surface area contributed by atoms with Crippen molar-refractivity contribution in [3.8, 4) is 33.4 Å². The minimum absolute atomic E-state index is 0.916. The molecule has 10 aromatic carbocycles. The molecular weight excluding hydrogens is 673 g/mol. The molecule has 0 saturated carbocycles. The molecule has 54 heavy (non-hydrogen) atoms. The number of rotatable bonds is 3. The molecule has 12 aromatic rings. The van der Waals surface area contributed by atoms with E-state index in [1.165, 1.54) is 102 Å². The van der Waals surface area contributed by atoms with Crippen LogP contribution in [-0.4, -0.2) is 0 Å². The average Bonchev–Trinajstić information content (AvgIpc) is 3.79. The minimum atomic E-state index is 0.916. The molecule has 2 heterocycles. The highest BCUT2D eigenvalue weighted by molar-refractivity contribution is 7.25. The summed E-state index contributed by atoms with van der Waals surface area (Å²) in [6.07, 6.45) is 0. The van der Waals surface area contributed by atoms with E-state index in [4.69, 9.17) is 4.42 Å². The van der Waals surface area contributed by atoms with Gasteiger partial charge in [0.1, 0.15) is 11.2 Å². The Morgan fingerprint density at radius 2 is 0.833 bits per heavy atom. The Labute approximate surface area is 314 Å². The first-order valence-corrected chi connectivity index (χ1v) is 19.3. The van der Waals surface area contributed by atoms with Crippen LogP contribution >= 0.6 is 11.3 Å². The van der Waals surface area contributed by atoms with E-state index in [0.717, 1.165) is 16.6 Å². The summed E-state index contributed by atoms with van der Waals surface area (Å²) < 4.78 is 9.26. The van der Waals surface area contributed by atoms with Crippen molar-refractivity contribution in [2.24, 2.45) is 0 Å². The molecule has 0 radical (unpaired) electrons. The Morgan fingerprint density at radius 3 is 1.54 bits per heavy atom. The van der Waals surface area contributed by atoms with Crippen molar-refractivity contribution in [3.05, 3.63) is 182 Å². The molecule has 12 rings (SSSR count). The van der Waals surface area contributed by atoms with Crippen molar-refractivity contribution in [2.75, 3.05) is 0 Å². The van der Waals surface area contributed by atoms with Gasteiger partial charge in [-0.05, 0) is 113 Å². The highest BCUT2D eigenvalue weighted by Crippen LogP contribution is 2.46. The van der Waals surface area contributed by atoms with Gasteiger partial charge in [0.25, 0.3) is 0 Å². The van der Waals surface area contributed by atoms with E-state index in [9.17, 15) is 0 Å². The predicted octanol–water partition coefficient (Wildman–Crippen LogP) is 15.6.